The molecule has 0 atom stereocenters. The van der Waals surface area contributed by atoms with Crippen molar-refractivity contribution in [1.29, 1.82) is 0 Å². The highest BCUT2D eigenvalue weighted by Crippen LogP contribution is 2.33. The van der Waals surface area contributed by atoms with E-state index in [1.807, 2.05) is 18.2 Å². The van der Waals surface area contributed by atoms with E-state index < -0.39 is 0 Å². The van der Waals surface area contributed by atoms with Crippen LogP contribution in [0.5, 0.6) is 0 Å². The van der Waals surface area contributed by atoms with Gasteiger partial charge in [-0.1, -0.05) is 12.1 Å². The number of hydrogen-bond donors (Lipinski definition) is 1. The Morgan fingerprint density at radius 3 is 2.81 bits per heavy atom. The fraction of sp³-hybridized carbons (Fsp3) is 0.429. The number of para-hydroxylation sites is 2. The van der Waals surface area contributed by atoms with E-state index in [1.165, 1.54) is 23.3 Å². The van der Waals surface area contributed by atoms with Crippen LogP contribution in [-0.4, -0.2) is 33.9 Å². The summed E-state index contributed by atoms with van der Waals surface area (Å²) < 4.78 is 0. The van der Waals surface area contributed by atoms with Crippen molar-refractivity contribution in [2.45, 2.75) is 44.4 Å². The Kier molecular flexibility index (Phi) is 4.04. The maximum atomic E-state index is 13.0. The van der Waals surface area contributed by atoms with Crippen molar-refractivity contribution in [2.75, 3.05) is 13.1 Å². The van der Waals surface area contributed by atoms with Crippen LogP contribution in [0.4, 0.5) is 0 Å². The minimum absolute atomic E-state index is 0.243. The number of aromatic amines is 1. The lowest BCUT2D eigenvalue weighted by Crippen LogP contribution is -2.38. The van der Waals surface area contributed by atoms with Gasteiger partial charge in [-0.2, -0.15) is 0 Å². The highest BCUT2D eigenvalue weighted by molar-refractivity contribution is 7.10. The summed E-state index contributed by atoms with van der Waals surface area (Å²) in [7, 11) is 0. The first-order valence-electron chi connectivity index (χ1n) is 9.63. The molecule has 1 N–H and O–H groups in total. The maximum absolute atomic E-state index is 13.0. The predicted molar refractivity (Wildman–Crippen MR) is 105 cm³/mol. The molecule has 2 aromatic heterocycles. The van der Waals surface area contributed by atoms with Crippen LogP contribution in [0.2, 0.25) is 0 Å². The SMILES string of the molecule is O=C(c1csc2c1CCCC2)N1CCC(c2nc3ccccc3[nH]2)CC1. The Labute approximate surface area is 157 Å². The molecule has 5 rings (SSSR count). The van der Waals surface area contributed by atoms with Gasteiger partial charge in [-0.15, -0.1) is 11.3 Å². The molecule has 3 heterocycles. The number of nitrogens with zero attached hydrogens (tertiary/aromatic N) is 2. The molecule has 3 aromatic rings. The molecule has 1 saturated heterocycles. The Bertz CT molecular complexity index is 916. The molecule has 134 valence electrons. The molecule has 0 bridgehead atoms. The molecule has 0 unspecified atom stereocenters. The number of piperidine rings is 1. The van der Waals surface area contributed by atoms with E-state index in [0.717, 1.165) is 61.2 Å². The first kappa shape index (κ1) is 16.1. The third-order valence-electron chi connectivity index (χ3n) is 5.87. The van der Waals surface area contributed by atoms with Gasteiger partial charge >= 0.3 is 0 Å². The number of H-pyrrole nitrogens is 1. The number of amides is 1. The van der Waals surface area contributed by atoms with Gasteiger partial charge in [-0.05, 0) is 56.2 Å². The first-order valence-corrected chi connectivity index (χ1v) is 10.5. The van der Waals surface area contributed by atoms with Gasteiger partial charge in [0, 0.05) is 29.3 Å². The highest BCUT2D eigenvalue weighted by Gasteiger charge is 2.29. The van der Waals surface area contributed by atoms with Gasteiger partial charge in [0.25, 0.3) is 5.91 Å². The van der Waals surface area contributed by atoms with Gasteiger partial charge in [-0.25, -0.2) is 4.98 Å². The lowest BCUT2D eigenvalue weighted by molar-refractivity contribution is 0.0710. The van der Waals surface area contributed by atoms with Crippen molar-refractivity contribution in [3.63, 3.8) is 0 Å². The van der Waals surface area contributed by atoms with Crippen molar-refractivity contribution in [1.82, 2.24) is 14.9 Å². The molecule has 26 heavy (non-hydrogen) atoms. The number of likely N-dealkylation sites (tertiary alicyclic amines) is 1. The monoisotopic (exact) mass is 365 g/mol. The summed E-state index contributed by atoms with van der Waals surface area (Å²) in [6, 6.07) is 8.18. The molecule has 1 aliphatic carbocycles. The van der Waals surface area contributed by atoms with Crippen LogP contribution >= 0.6 is 11.3 Å². The lowest BCUT2D eigenvalue weighted by Gasteiger charge is -2.31. The number of nitrogens with one attached hydrogen (secondary N) is 1. The van der Waals surface area contributed by atoms with Crippen LogP contribution in [0.3, 0.4) is 0 Å². The van der Waals surface area contributed by atoms with Crippen molar-refractivity contribution >= 4 is 28.3 Å². The third-order valence-corrected chi connectivity index (χ3v) is 6.96. The third kappa shape index (κ3) is 2.75. The largest absolute Gasteiger partial charge is 0.342 e. The fourth-order valence-corrected chi connectivity index (χ4v) is 5.49. The molecule has 1 fully saturated rings. The molecule has 1 amide bonds. The van der Waals surface area contributed by atoms with E-state index in [4.69, 9.17) is 4.98 Å². The number of aromatic nitrogens is 2. The van der Waals surface area contributed by atoms with Gasteiger partial charge < -0.3 is 9.88 Å². The summed E-state index contributed by atoms with van der Waals surface area (Å²) in [5.74, 6) is 1.74. The smallest absolute Gasteiger partial charge is 0.254 e. The van der Waals surface area contributed by atoms with Gasteiger partial charge in [0.05, 0.1) is 16.6 Å². The highest BCUT2D eigenvalue weighted by atomic mass is 32.1. The average molecular weight is 366 g/mol. The summed E-state index contributed by atoms with van der Waals surface area (Å²) in [4.78, 5) is 24.7. The molecule has 0 spiro atoms. The quantitative estimate of drug-likeness (QED) is 0.726. The lowest BCUT2D eigenvalue weighted by atomic mass is 9.93. The number of carbonyl (C=O) groups excluding carboxylic acids is 1. The second-order valence-corrected chi connectivity index (χ2v) is 8.43. The van der Waals surface area contributed by atoms with E-state index in [2.05, 4.69) is 21.3 Å². The van der Waals surface area contributed by atoms with Crippen LogP contribution < -0.4 is 0 Å². The number of rotatable bonds is 2. The zero-order valence-corrected chi connectivity index (χ0v) is 15.6. The van der Waals surface area contributed by atoms with Gasteiger partial charge in [0.15, 0.2) is 0 Å². The minimum Gasteiger partial charge on any atom is -0.342 e. The minimum atomic E-state index is 0.243. The fourth-order valence-electron chi connectivity index (χ4n) is 4.37. The van der Waals surface area contributed by atoms with E-state index in [-0.39, 0.29) is 5.91 Å². The summed E-state index contributed by atoms with van der Waals surface area (Å²) in [5.41, 5.74) is 4.45. The number of fused-ring (bicyclic) bond motifs is 2. The number of aryl methyl sites for hydroxylation is 1. The van der Waals surface area contributed by atoms with E-state index in [9.17, 15) is 4.79 Å². The zero-order chi connectivity index (χ0) is 17.5. The van der Waals surface area contributed by atoms with E-state index in [0.29, 0.717) is 5.92 Å². The molecule has 5 heteroatoms. The Morgan fingerprint density at radius 2 is 1.96 bits per heavy atom. The molecule has 0 radical (unpaired) electrons. The van der Waals surface area contributed by atoms with Crippen molar-refractivity contribution in [3.8, 4) is 0 Å². The number of carbonyl (C=O) groups is 1. The molecule has 0 saturated carbocycles. The van der Waals surface area contributed by atoms with Crippen molar-refractivity contribution < 1.29 is 4.79 Å². The number of imidazole rings is 1. The summed E-state index contributed by atoms with van der Waals surface area (Å²) >= 11 is 1.78. The standard InChI is InChI=1S/C21H23N3OS/c25-21(16-13-26-19-8-4-1-5-15(16)19)24-11-9-14(10-12-24)20-22-17-6-2-3-7-18(17)23-20/h2-3,6-7,13-14H,1,4-5,8-12H2,(H,22,23). The predicted octanol–water partition coefficient (Wildman–Crippen LogP) is 4.52. The molecular formula is C21H23N3OS. The Hall–Kier alpha value is -2.14. The zero-order valence-electron chi connectivity index (χ0n) is 14.8. The topological polar surface area (TPSA) is 49.0 Å². The van der Waals surface area contributed by atoms with Crippen LogP contribution in [0, 0.1) is 0 Å². The second kappa shape index (κ2) is 6.54. The molecule has 1 aliphatic heterocycles. The van der Waals surface area contributed by atoms with Crippen molar-refractivity contribution in [2.24, 2.45) is 0 Å². The summed E-state index contributed by atoms with van der Waals surface area (Å²) in [6.45, 7) is 1.65. The van der Waals surface area contributed by atoms with Crippen LogP contribution in [0.1, 0.15) is 58.2 Å². The van der Waals surface area contributed by atoms with Gasteiger partial charge in [0.2, 0.25) is 0 Å². The van der Waals surface area contributed by atoms with Crippen LogP contribution in [-0.2, 0) is 12.8 Å². The Morgan fingerprint density at radius 1 is 1.15 bits per heavy atom. The van der Waals surface area contributed by atoms with Crippen LogP contribution in [0.15, 0.2) is 29.6 Å². The van der Waals surface area contributed by atoms with Crippen molar-refractivity contribution in [3.05, 3.63) is 51.5 Å². The first-order chi connectivity index (χ1) is 12.8. The molecule has 2 aliphatic rings. The van der Waals surface area contributed by atoms with E-state index in [1.54, 1.807) is 11.3 Å². The molecule has 4 nitrogen and oxygen atoms in total. The molecular weight excluding hydrogens is 342 g/mol. The average Bonchev–Trinajstić information content (AvgIpc) is 3.32. The van der Waals surface area contributed by atoms with E-state index >= 15 is 0 Å². The normalized spacial score (nSPS) is 18.2. The number of hydrogen-bond acceptors (Lipinski definition) is 3. The van der Waals surface area contributed by atoms with Gasteiger partial charge in [0.1, 0.15) is 5.82 Å². The number of thiophene rings is 1. The number of benzene rings is 1. The Balaban J connectivity index is 1.29. The molecule has 1 aromatic carbocycles. The van der Waals surface area contributed by atoms with Crippen LogP contribution in [0.25, 0.3) is 11.0 Å². The summed E-state index contributed by atoms with van der Waals surface area (Å²) in [5, 5.41) is 2.10. The summed E-state index contributed by atoms with van der Waals surface area (Å²) in [6.07, 6.45) is 6.69. The second-order valence-electron chi connectivity index (χ2n) is 7.46. The van der Waals surface area contributed by atoms with Gasteiger partial charge in [-0.3, -0.25) is 4.79 Å². The maximum Gasteiger partial charge on any atom is 0.254 e.